The predicted octanol–water partition coefficient (Wildman–Crippen LogP) is 3.17. The lowest BCUT2D eigenvalue weighted by atomic mass is 10.1. The third kappa shape index (κ3) is 3.96. The number of carbonyl (C=O) groups is 1. The Labute approximate surface area is 142 Å². The second-order valence-corrected chi connectivity index (χ2v) is 5.18. The summed E-state index contributed by atoms with van der Waals surface area (Å²) in [6, 6.07) is 5.16. The molecule has 7 heteroatoms. The number of aryl methyl sites for hydroxylation is 2. The van der Waals surface area contributed by atoms with Crippen molar-refractivity contribution in [1.29, 1.82) is 0 Å². The molecule has 0 atom stereocenters. The summed E-state index contributed by atoms with van der Waals surface area (Å²) in [5.41, 5.74) is 9.18. The van der Waals surface area contributed by atoms with Crippen molar-refractivity contribution in [2.75, 3.05) is 18.2 Å². The molecular weight excluding hydrogens is 316 g/mol. The Kier molecular flexibility index (Phi) is 6.45. The van der Waals surface area contributed by atoms with Crippen LogP contribution in [-0.2, 0) is 6.54 Å². The molecule has 0 aliphatic carbocycles. The normalized spacial score (nSPS) is 10.1. The zero-order valence-corrected chi connectivity index (χ0v) is 14.7. The Bertz CT molecular complexity index is 698. The van der Waals surface area contributed by atoms with Gasteiger partial charge in [-0.1, -0.05) is 6.92 Å². The molecule has 23 heavy (non-hydrogen) atoms. The van der Waals surface area contributed by atoms with Gasteiger partial charge in [0.05, 0.1) is 24.1 Å². The van der Waals surface area contributed by atoms with Gasteiger partial charge in [0, 0.05) is 17.9 Å². The summed E-state index contributed by atoms with van der Waals surface area (Å²) in [7, 11) is 1.55. The number of nitrogen functional groups attached to an aromatic ring is 1. The lowest BCUT2D eigenvalue weighted by Gasteiger charge is -2.09. The van der Waals surface area contributed by atoms with Gasteiger partial charge < -0.3 is 15.8 Å². The fraction of sp³-hybridized carbons (Fsp3) is 0.375. The standard InChI is InChI=1S/C16H22N4O2.ClH/c1-5-8-20-11(3)15(10(2)19-20)16(21)18-12-6-7-14(22-4)13(17)9-12;/h6-7,9H,5,8,17H2,1-4H3,(H,18,21);1H. The Balaban J connectivity index is 0.00000264. The molecule has 126 valence electrons. The van der Waals surface area contributed by atoms with Gasteiger partial charge in [-0.05, 0) is 38.5 Å². The molecule has 0 radical (unpaired) electrons. The smallest absolute Gasteiger partial charge is 0.259 e. The Morgan fingerprint density at radius 2 is 2.09 bits per heavy atom. The first kappa shape index (κ1) is 18.8. The fourth-order valence-corrected chi connectivity index (χ4v) is 2.46. The summed E-state index contributed by atoms with van der Waals surface area (Å²) in [4.78, 5) is 12.5. The van der Waals surface area contributed by atoms with Crippen LogP contribution in [-0.4, -0.2) is 22.8 Å². The summed E-state index contributed by atoms with van der Waals surface area (Å²) in [5, 5.41) is 7.28. The minimum atomic E-state index is -0.179. The first-order chi connectivity index (χ1) is 10.5. The van der Waals surface area contributed by atoms with Crippen LogP contribution in [0.4, 0.5) is 11.4 Å². The summed E-state index contributed by atoms with van der Waals surface area (Å²) in [6.45, 7) is 6.63. The molecule has 1 aromatic heterocycles. The van der Waals surface area contributed by atoms with E-state index in [-0.39, 0.29) is 18.3 Å². The average molecular weight is 339 g/mol. The number of nitrogens with zero attached hydrogens (tertiary/aromatic N) is 2. The van der Waals surface area contributed by atoms with Crippen LogP contribution in [0.15, 0.2) is 18.2 Å². The molecule has 0 saturated carbocycles. The number of nitrogens with two attached hydrogens (primary N) is 1. The van der Waals surface area contributed by atoms with Gasteiger partial charge in [-0.3, -0.25) is 9.48 Å². The van der Waals surface area contributed by atoms with Crippen LogP contribution >= 0.6 is 12.4 Å². The maximum Gasteiger partial charge on any atom is 0.259 e. The molecule has 0 aliphatic heterocycles. The van der Waals surface area contributed by atoms with Crippen LogP contribution < -0.4 is 15.8 Å². The highest BCUT2D eigenvalue weighted by atomic mass is 35.5. The second-order valence-electron chi connectivity index (χ2n) is 5.18. The van der Waals surface area contributed by atoms with E-state index in [9.17, 15) is 4.79 Å². The number of nitrogens with one attached hydrogen (secondary N) is 1. The number of benzene rings is 1. The van der Waals surface area contributed by atoms with Gasteiger partial charge in [0.1, 0.15) is 5.75 Å². The zero-order chi connectivity index (χ0) is 16.3. The highest BCUT2D eigenvalue weighted by Crippen LogP contribution is 2.25. The monoisotopic (exact) mass is 338 g/mol. The van der Waals surface area contributed by atoms with E-state index in [2.05, 4.69) is 17.3 Å². The SMILES string of the molecule is CCCn1nc(C)c(C(=O)Nc2ccc(OC)c(N)c2)c1C.Cl. The maximum atomic E-state index is 12.5. The molecule has 0 bridgehead atoms. The topological polar surface area (TPSA) is 82.2 Å². The number of carbonyl (C=O) groups excluding carboxylic acids is 1. The van der Waals surface area contributed by atoms with Crippen molar-refractivity contribution in [2.24, 2.45) is 0 Å². The number of methoxy groups -OCH3 is 1. The Morgan fingerprint density at radius 1 is 1.39 bits per heavy atom. The third-order valence-electron chi connectivity index (χ3n) is 3.53. The van der Waals surface area contributed by atoms with Gasteiger partial charge in [-0.2, -0.15) is 5.10 Å². The van der Waals surface area contributed by atoms with Crippen molar-refractivity contribution in [2.45, 2.75) is 33.7 Å². The van der Waals surface area contributed by atoms with Crippen LogP contribution in [0.2, 0.25) is 0 Å². The highest BCUT2D eigenvalue weighted by molar-refractivity contribution is 6.06. The molecule has 3 N–H and O–H groups in total. The molecule has 0 unspecified atom stereocenters. The molecular formula is C16H23ClN4O2. The van der Waals surface area contributed by atoms with Crippen LogP contribution in [0, 0.1) is 13.8 Å². The molecule has 1 amide bonds. The number of anilines is 2. The fourth-order valence-electron chi connectivity index (χ4n) is 2.46. The Morgan fingerprint density at radius 3 is 2.65 bits per heavy atom. The number of amides is 1. The summed E-state index contributed by atoms with van der Waals surface area (Å²) < 4.78 is 6.97. The predicted molar refractivity (Wildman–Crippen MR) is 94.6 cm³/mol. The van der Waals surface area contributed by atoms with Gasteiger partial charge >= 0.3 is 0 Å². The van der Waals surface area contributed by atoms with Crippen molar-refractivity contribution in [1.82, 2.24) is 9.78 Å². The van der Waals surface area contributed by atoms with E-state index in [1.807, 2.05) is 18.5 Å². The number of aromatic nitrogens is 2. The minimum Gasteiger partial charge on any atom is -0.495 e. The molecule has 0 aliphatic rings. The van der Waals surface area contributed by atoms with Crippen molar-refractivity contribution < 1.29 is 9.53 Å². The zero-order valence-electron chi connectivity index (χ0n) is 13.8. The van der Waals surface area contributed by atoms with E-state index >= 15 is 0 Å². The molecule has 1 aromatic carbocycles. The van der Waals surface area contributed by atoms with Crippen molar-refractivity contribution in [3.05, 3.63) is 35.2 Å². The van der Waals surface area contributed by atoms with E-state index in [1.165, 1.54) is 0 Å². The maximum absolute atomic E-state index is 12.5. The van der Waals surface area contributed by atoms with Crippen LogP contribution in [0.25, 0.3) is 0 Å². The molecule has 2 aromatic rings. The van der Waals surface area contributed by atoms with E-state index in [4.69, 9.17) is 10.5 Å². The van der Waals surface area contributed by atoms with Gasteiger partial charge in [0.15, 0.2) is 0 Å². The molecule has 0 fully saturated rings. The minimum absolute atomic E-state index is 0. The first-order valence-electron chi connectivity index (χ1n) is 7.26. The Hall–Kier alpha value is -2.21. The van der Waals surface area contributed by atoms with Crippen molar-refractivity contribution in [3.8, 4) is 5.75 Å². The van der Waals surface area contributed by atoms with Crippen molar-refractivity contribution >= 4 is 29.7 Å². The number of hydrogen-bond donors (Lipinski definition) is 2. The van der Waals surface area contributed by atoms with Crippen LogP contribution in [0.5, 0.6) is 5.75 Å². The number of rotatable bonds is 5. The molecule has 1 heterocycles. The van der Waals surface area contributed by atoms with Crippen LogP contribution in [0.1, 0.15) is 35.1 Å². The third-order valence-corrected chi connectivity index (χ3v) is 3.53. The van der Waals surface area contributed by atoms with E-state index in [1.54, 1.807) is 25.3 Å². The molecule has 0 saturated heterocycles. The summed E-state index contributed by atoms with van der Waals surface area (Å²) in [5.74, 6) is 0.406. The highest BCUT2D eigenvalue weighted by Gasteiger charge is 2.18. The quantitative estimate of drug-likeness (QED) is 0.820. The largest absolute Gasteiger partial charge is 0.495 e. The number of ether oxygens (including phenoxy) is 1. The molecule has 0 spiro atoms. The lowest BCUT2D eigenvalue weighted by molar-refractivity contribution is 0.102. The van der Waals surface area contributed by atoms with E-state index < -0.39 is 0 Å². The van der Waals surface area contributed by atoms with Crippen molar-refractivity contribution in [3.63, 3.8) is 0 Å². The van der Waals surface area contributed by atoms with Gasteiger partial charge in [0.25, 0.3) is 5.91 Å². The second kappa shape index (κ2) is 7.87. The van der Waals surface area contributed by atoms with Gasteiger partial charge in [0.2, 0.25) is 0 Å². The molecule has 2 rings (SSSR count). The van der Waals surface area contributed by atoms with E-state index in [0.29, 0.717) is 22.7 Å². The van der Waals surface area contributed by atoms with Gasteiger partial charge in [-0.15, -0.1) is 12.4 Å². The average Bonchev–Trinajstić information content (AvgIpc) is 2.74. The first-order valence-corrected chi connectivity index (χ1v) is 7.26. The number of halogens is 1. The molecule has 6 nitrogen and oxygen atoms in total. The van der Waals surface area contributed by atoms with Crippen LogP contribution in [0.3, 0.4) is 0 Å². The van der Waals surface area contributed by atoms with Gasteiger partial charge in [-0.25, -0.2) is 0 Å². The summed E-state index contributed by atoms with van der Waals surface area (Å²) >= 11 is 0. The van der Waals surface area contributed by atoms with E-state index in [0.717, 1.165) is 24.4 Å². The summed E-state index contributed by atoms with van der Waals surface area (Å²) in [6.07, 6.45) is 0.970. The lowest BCUT2D eigenvalue weighted by Crippen LogP contribution is -2.14. The number of hydrogen-bond acceptors (Lipinski definition) is 4.